The number of aromatic nitrogens is 1. The van der Waals surface area contributed by atoms with E-state index in [0.29, 0.717) is 23.7 Å². The topological polar surface area (TPSA) is 71.5 Å². The molecule has 6 nitrogen and oxygen atoms in total. The summed E-state index contributed by atoms with van der Waals surface area (Å²) in [6.45, 7) is 3.65. The lowest BCUT2D eigenvalue weighted by Crippen LogP contribution is -2.48. The molecule has 2 heterocycles. The Morgan fingerprint density at radius 1 is 1.25 bits per heavy atom. The van der Waals surface area contributed by atoms with E-state index in [4.69, 9.17) is 4.74 Å². The molecule has 1 aromatic carbocycles. The molecule has 24 heavy (non-hydrogen) atoms. The second-order valence-electron chi connectivity index (χ2n) is 5.62. The Morgan fingerprint density at radius 3 is 2.79 bits per heavy atom. The number of ether oxygens (including phenoxy) is 1. The van der Waals surface area contributed by atoms with Crippen LogP contribution >= 0.6 is 0 Å². The van der Waals surface area contributed by atoms with E-state index >= 15 is 0 Å². The summed E-state index contributed by atoms with van der Waals surface area (Å²) in [6.07, 6.45) is -0.0187. The van der Waals surface area contributed by atoms with Crippen LogP contribution in [-0.2, 0) is 9.59 Å². The van der Waals surface area contributed by atoms with Crippen molar-refractivity contribution in [3.8, 4) is 5.75 Å². The van der Waals surface area contributed by atoms with Gasteiger partial charge in [-0.2, -0.15) is 0 Å². The fourth-order valence-corrected chi connectivity index (χ4v) is 2.64. The smallest absolute Gasteiger partial charge is 0.268 e. The van der Waals surface area contributed by atoms with E-state index < -0.39 is 6.10 Å². The van der Waals surface area contributed by atoms with Crippen LogP contribution in [0.5, 0.6) is 5.75 Å². The van der Waals surface area contributed by atoms with Gasteiger partial charge in [0.15, 0.2) is 6.10 Å². The predicted molar refractivity (Wildman–Crippen MR) is 91.1 cm³/mol. The van der Waals surface area contributed by atoms with Crippen LogP contribution in [0.3, 0.4) is 0 Å². The third-order valence-electron chi connectivity index (χ3n) is 3.80. The molecule has 0 spiro atoms. The molecule has 2 amide bonds. The zero-order valence-corrected chi connectivity index (χ0v) is 13.7. The molecular weight excluding hydrogens is 306 g/mol. The lowest BCUT2D eigenvalue weighted by atomic mass is 10.1. The van der Waals surface area contributed by atoms with Crippen molar-refractivity contribution in [3.05, 3.63) is 48.2 Å². The van der Waals surface area contributed by atoms with E-state index in [1.54, 1.807) is 18.2 Å². The highest BCUT2D eigenvalue weighted by Crippen LogP contribution is 2.34. The van der Waals surface area contributed by atoms with Crippen molar-refractivity contribution in [2.75, 3.05) is 16.8 Å². The van der Waals surface area contributed by atoms with Gasteiger partial charge in [0.05, 0.1) is 5.69 Å². The first kappa shape index (κ1) is 16.0. The van der Waals surface area contributed by atoms with E-state index in [1.165, 1.54) is 4.90 Å². The number of benzene rings is 1. The van der Waals surface area contributed by atoms with Gasteiger partial charge in [0, 0.05) is 5.69 Å². The molecule has 124 valence electrons. The van der Waals surface area contributed by atoms with Crippen molar-refractivity contribution < 1.29 is 14.3 Å². The van der Waals surface area contributed by atoms with Gasteiger partial charge in [-0.15, -0.1) is 0 Å². The highest BCUT2D eigenvalue weighted by Gasteiger charge is 2.34. The van der Waals surface area contributed by atoms with E-state index in [9.17, 15) is 9.59 Å². The van der Waals surface area contributed by atoms with E-state index in [1.807, 2.05) is 38.1 Å². The molecule has 0 fully saturated rings. The fourth-order valence-electron chi connectivity index (χ4n) is 2.64. The monoisotopic (exact) mass is 325 g/mol. The Hall–Kier alpha value is -2.89. The Morgan fingerprint density at radius 2 is 2.04 bits per heavy atom. The number of para-hydroxylation sites is 2. The average molecular weight is 325 g/mol. The lowest BCUT2D eigenvalue weighted by Gasteiger charge is -2.33. The minimum absolute atomic E-state index is 0.0780. The molecule has 6 heteroatoms. The maximum absolute atomic E-state index is 12.6. The molecule has 1 aromatic heterocycles. The molecule has 1 atom stereocenters. The molecule has 3 rings (SSSR count). The molecular formula is C18H19N3O3. The van der Waals surface area contributed by atoms with Crippen LogP contribution in [0.25, 0.3) is 0 Å². The molecule has 0 saturated carbocycles. The van der Waals surface area contributed by atoms with Crippen molar-refractivity contribution in [3.63, 3.8) is 0 Å². The Labute approximate surface area is 140 Å². The largest absolute Gasteiger partial charge is 0.478 e. The van der Waals surface area contributed by atoms with Crippen LogP contribution < -0.4 is 15.0 Å². The minimum Gasteiger partial charge on any atom is -0.478 e. The maximum atomic E-state index is 12.6. The summed E-state index contributed by atoms with van der Waals surface area (Å²) in [5, 5.41) is 2.73. The quantitative estimate of drug-likeness (QED) is 0.937. The highest BCUT2D eigenvalue weighted by atomic mass is 16.5. The van der Waals surface area contributed by atoms with Gasteiger partial charge < -0.3 is 10.1 Å². The number of pyridine rings is 1. The normalized spacial score (nSPS) is 16.3. The number of hydrogen-bond donors (Lipinski definition) is 1. The Kier molecular flexibility index (Phi) is 4.46. The number of carbonyl (C=O) groups is 2. The van der Waals surface area contributed by atoms with Gasteiger partial charge in [-0.25, -0.2) is 4.98 Å². The SMILES string of the molecule is CCC1Oc2ccccc2N(CC(=O)Nc2cccc(C)n2)C1=O. The number of rotatable bonds is 4. The first-order valence-electron chi connectivity index (χ1n) is 7.89. The van der Waals surface area contributed by atoms with Gasteiger partial charge in [-0.1, -0.05) is 25.1 Å². The van der Waals surface area contributed by atoms with Crippen LogP contribution in [0.4, 0.5) is 11.5 Å². The van der Waals surface area contributed by atoms with E-state index in [2.05, 4.69) is 10.3 Å². The zero-order valence-electron chi connectivity index (χ0n) is 13.7. The van der Waals surface area contributed by atoms with Crippen LogP contribution in [0, 0.1) is 6.92 Å². The highest BCUT2D eigenvalue weighted by molar-refractivity contribution is 6.06. The van der Waals surface area contributed by atoms with Crippen LogP contribution in [0.1, 0.15) is 19.0 Å². The number of anilines is 2. The first-order chi connectivity index (χ1) is 11.6. The summed E-state index contributed by atoms with van der Waals surface area (Å²) < 4.78 is 5.70. The third kappa shape index (κ3) is 3.22. The summed E-state index contributed by atoms with van der Waals surface area (Å²) in [4.78, 5) is 30.6. The molecule has 0 bridgehead atoms. The maximum Gasteiger partial charge on any atom is 0.268 e. The number of nitrogens with zero attached hydrogens (tertiary/aromatic N) is 2. The fraction of sp³-hybridized carbons (Fsp3) is 0.278. The van der Waals surface area contributed by atoms with Crippen LogP contribution in [-0.4, -0.2) is 29.4 Å². The lowest BCUT2D eigenvalue weighted by molar-refractivity contribution is -0.128. The number of fused-ring (bicyclic) bond motifs is 1. The number of carbonyl (C=O) groups excluding carboxylic acids is 2. The molecule has 0 aliphatic carbocycles. The zero-order chi connectivity index (χ0) is 17.1. The summed E-state index contributed by atoms with van der Waals surface area (Å²) in [5.74, 6) is 0.586. The molecule has 0 radical (unpaired) electrons. The molecule has 2 aromatic rings. The van der Waals surface area contributed by atoms with Crippen LogP contribution in [0.2, 0.25) is 0 Å². The van der Waals surface area contributed by atoms with Gasteiger partial charge in [-0.05, 0) is 37.6 Å². The van der Waals surface area contributed by atoms with Crippen LogP contribution in [0.15, 0.2) is 42.5 Å². The number of hydrogen-bond acceptors (Lipinski definition) is 4. The number of amides is 2. The third-order valence-corrected chi connectivity index (χ3v) is 3.80. The number of nitrogens with one attached hydrogen (secondary N) is 1. The average Bonchev–Trinajstić information content (AvgIpc) is 2.57. The number of aryl methyl sites for hydroxylation is 1. The standard InChI is InChI=1S/C18H19N3O3/c1-3-14-18(23)21(13-8-4-5-9-15(13)24-14)11-17(22)20-16-10-6-7-12(2)19-16/h4-10,14H,3,11H2,1-2H3,(H,19,20,22). The van der Waals surface area contributed by atoms with Gasteiger partial charge in [0.1, 0.15) is 18.1 Å². The second-order valence-corrected chi connectivity index (χ2v) is 5.62. The van der Waals surface area contributed by atoms with Crippen molar-refractivity contribution in [1.82, 2.24) is 4.98 Å². The molecule has 1 N–H and O–H groups in total. The van der Waals surface area contributed by atoms with Gasteiger partial charge >= 0.3 is 0 Å². The van der Waals surface area contributed by atoms with Crippen molar-refractivity contribution in [2.24, 2.45) is 0 Å². The predicted octanol–water partition coefficient (Wildman–Crippen LogP) is 2.53. The second kappa shape index (κ2) is 6.70. The van der Waals surface area contributed by atoms with Crippen molar-refractivity contribution >= 4 is 23.3 Å². The minimum atomic E-state index is -0.565. The summed E-state index contributed by atoms with van der Waals surface area (Å²) >= 11 is 0. The van der Waals surface area contributed by atoms with Gasteiger partial charge in [-0.3, -0.25) is 14.5 Å². The molecule has 0 saturated heterocycles. The molecule has 1 aliphatic rings. The molecule has 1 unspecified atom stereocenters. The van der Waals surface area contributed by atoms with Crippen molar-refractivity contribution in [2.45, 2.75) is 26.4 Å². The summed E-state index contributed by atoms with van der Waals surface area (Å²) in [5.41, 5.74) is 1.42. The van der Waals surface area contributed by atoms with E-state index in [0.717, 1.165) is 5.69 Å². The summed E-state index contributed by atoms with van der Waals surface area (Å²) in [7, 11) is 0. The van der Waals surface area contributed by atoms with Crippen molar-refractivity contribution in [1.29, 1.82) is 0 Å². The summed E-state index contributed by atoms with van der Waals surface area (Å²) in [6, 6.07) is 12.6. The Balaban J connectivity index is 1.80. The Bertz CT molecular complexity index is 776. The molecule has 1 aliphatic heterocycles. The van der Waals surface area contributed by atoms with Gasteiger partial charge in [0.2, 0.25) is 5.91 Å². The van der Waals surface area contributed by atoms with Gasteiger partial charge in [0.25, 0.3) is 5.91 Å². The first-order valence-corrected chi connectivity index (χ1v) is 7.89. The van der Waals surface area contributed by atoms with E-state index in [-0.39, 0.29) is 18.4 Å².